The number of hydrogen-bond acceptors (Lipinski definition) is 0. The van der Waals surface area contributed by atoms with E-state index in [4.69, 9.17) is 0 Å². The van der Waals surface area contributed by atoms with Crippen molar-refractivity contribution in [3.63, 3.8) is 0 Å². The summed E-state index contributed by atoms with van der Waals surface area (Å²) in [6, 6.07) is 0. The Morgan fingerprint density at radius 3 is 1.73 bits per heavy atom. The van der Waals surface area contributed by atoms with Gasteiger partial charge in [0.15, 0.2) is 0 Å². The molecule has 0 unspecified atom stereocenters. The van der Waals surface area contributed by atoms with Gasteiger partial charge in [-0.1, -0.05) is 0 Å². The van der Waals surface area contributed by atoms with Crippen molar-refractivity contribution in [3.8, 4) is 0 Å². The molecule has 15 heavy (non-hydrogen) atoms. The first-order chi connectivity index (χ1) is 6.79. The molecular formula is C12H17ClHfSi. The van der Waals surface area contributed by atoms with Crippen molar-refractivity contribution >= 4 is 5.98 Å². The predicted molar refractivity (Wildman–Crippen MR) is 62.6 cm³/mol. The molecule has 0 nitrogen and oxygen atoms in total. The van der Waals surface area contributed by atoms with Crippen LogP contribution < -0.4 is 12.4 Å². The summed E-state index contributed by atoms with van der Waals surface area (Å²) >= 11 is -1.47. The van der Waals surface area contributed by atoms with E-state index in [-0.39, 0.29) is 12.4 Å². The molecule has 0 aromatic carbocycles. The van der Waals surface area contributed by atoms with Crippen LogP contribution in [0.3, 0.4) is 0 Å². The van der Waals surface area contributed by atoms with Crippen molar-refractivity contribution in [2.24, 2.45) is 0 Å². The van der Waals surface area contributed by atoms with Gasteiger partial charge in [-0.05, 0) is 0 Å². The SMILES string of the molecule is C[SiH](C)[Hf+]([C]1=CC=CC1)[C]1=CC=CC1.[Cl-]. The van der Waals surface area contributed by atoms with Crippen LogP contribution in [-0.2, 0) is 20.6 Å². The van der Waals surface area contributed by atoms with Crippen LogP contribution in [0.15, 0.2) is 43.1 Å². The molecule has 0 radical (unpaired) electrons. The monoisotopic (exact) mass is 404 g/mol. The topological polar surface area (TPSA) is 0 Å². The molecule has 3 heteroatoms. The van der Waals surface area contributed by atoms with Gasteiger partial charge in [0, 0.05) is 0 Å². The van der Waals surface area contributed by atoms with Crippen LogP contribution in [0, 0.1) is 0 Å². The fraction of sp³-hybridized carbons (Fsp3) is 0.333. The van der Waals surface area contributed by atoms with Gasteiger partial charge in [-0.3, -0.25) is 0 Å². The third-order valence-corrected chi connectivity index (χ3v) is 30.1. The maximum Gasteiger partial charge on any atom is -1.00 e. The van der Waals surface area contributed by atoms with Crippen LogP contribution in [0.5, 0.6) is 0 Å². The van der Waals surface area contributed by atoms with Gasteiger partial charge in [-0.2, -0.15) is 0 Å². The second-order valence-corrected chi connectivity index (χ2v) is 31.3. The van der Waals surface area contributed by atoms with Gasteiger partial charge >= 0.3 is 95.6 Å². The van der Waals surface area contributed by atoms with Crippen molar-refractivity contribution in [2.45, 2.75) is 25.9 Å². The van der Waals surface area contributed by atoms with E-state index >= 15 is 0 Å². The van der Waals surface area contributed by atoms with Gasteiger partial charge in [-0.25, -0.2) is 0 Å². The molecule has 0 heterocycles. The maximum atomic E-state index is 2.56. The first-order valence-corrected chi connectivity index (χ1v) is 18.1. The quantitative estimate of drug-likeness (QED) is 0.594. The molecule has 80 valence electrons. The minimum Gasteiger partial charge on any atom is -1.00 e. The van der Waals surface area contributed by atoms with E-state index in [0.29, 0.717) is 0 Å². The average molecular weight is 403 g/mol. The zero-order valence-corrected chi connectivity index (χ0v) is 14.8. The molecule has 0 saturated carbocycles. The van der Waals surface area contributed by atoms with E-state index < -0.39 is 26.6 Å². The van der Waals surface area contributed by atoms with Gasteiger partial charge in [0.1, 0.15) is 0 Å². The van der Waals surface area contributed by atoms with Crippen molar-refractivity contribution in [1.82, 2.24) is 0 Å². The van der Waals surface area contributed by atoms with E-state index in [9.17, 15) is 0 Å². The summed E-state index contributed by atoms with van der Waals surface area (Å²) in [5.41, 5.74) is 0. The normalized spacial score (nSPS) is 17.8. The molecule has 2 aliphatic carbocycles. The Hall–Kier alpha value is 0.337. The smallest absolute Gasteiger partial charge is 1.00 e. The molecule has 0 amide bonds. The number of halogens is 1. The minimum absolute atomic E-state index is 0. The number of allylic oxidation sites excluding steroid dienone is 8. The summed E-state index contributed by atoms with van der Waals surface area (Å²) in [6.45, 7) is 5.11. The Labute approximate surface area is 107 Å². The van der Waals surface area contributed by atoms with Crippen LogP contribution in [-0.4, -0.2) is 5.98 Å². The standard InChI is InChI=1S/2C5H5.C2H7Si.ClH.Hf/c2*1-2-4-5-3-1;1-3-2;;/h2*1-3H,4H2;3H,1-2H3;1H;/q;;;;+1/p-1. The van der Waals surface area contributed by atoms with E-state index in [1.54, 1.807) is 0 Å². The average Bonchev–Trinajstić information content (AvgIpc) is 2.75. The summed E-state index contributed by atoms with van der Waals surface area (Å²) < 4.78 is 3.73. The summed E-state index contributed by atoms with van der Waals surface area (Å²) in [4.78, 5) is 0. The Bertz CT molecular complexity index is 310. The minimum atomic E-state index is -1.47. The third-order valence-electron chi connectivity index (χ3n) is 2.81. The Morgan fingerprint density at radius 2 is 1.47 bits per heavy atom. The van der Waals surface area contributed by atoms with Crippen molar-refractivity contribution in [1.29, 1.82) is 0 Å². The van der Waals surface area contributed by atoms with E-state index in [0.717, 1.165) is 0 Å². The molecule has 0 atom stereocenters. The summed E-state index contributed by atoms with van der Waals surface area (Å²) in [6.07, 6.45) is 16.6. The molecule has 2 rings (SSSR count). The molecule has 0 fully saturated rings. The van der Waals surface area contributed by atoms with E-state index in [1.807, 2.05) is 6.66 Å². The van der Waals surface area contributed by atoms with Crippen molar-refractivity contribution in [2.75, 3.05) is 0 Å². The molecule has 0 saturated heterocycles. The molecule has 0 aromatic heterocycles. The second kappa shape index (κ2) is 6.17. The predicted octanol–water partition coefficient (Wildman–Crippen LogP) is 0.280. The summed E-state index contributed by atoms with van der Waals surface area (Å²) in [5, 5.41) is 0. The van der Waals surface area contributed by atoms with Gasteiger partial charge < -0.3 is 12.4 Å². The molecule has 0 spiro atoms. The molecule has 0 aromatic rings. The van der Waals surface area contributed by atoms with E-state index in [2.05, 4.69) is 49.6 Å². The maximum absolute atomic E-state index is 2.56. The summed E-state index contributed by atoms with van der Waals surface area (Å²) in [5.74, 6) is -0.395. The molecule has 0 aliphatic heterocycles. The Morgan fingerprint density at radius 1 is 1.00 bits per heavy atom. The number of hydrogen-bond donors (Lipinski definition) is 0. The second-order valence-electron chi connectivity index (χ2n) is 4.22. The van der Waals surface area contributed by atoms with Crippen LogP contribution in [0.4, 0.5) is 0 Å². The zero-order chi connectivity index (χ0) is 9.97. The molecule has 0 N–H and O–H groups in total. The first kappa shape index (κ1) is 13.4. The van der Waals surface area contributed by atoms with Crippen molar-refractivity contribution < 1.29 is 33.0 Å². The van der Waals surface area contributed by atoms with E-state index in [1.165, 1.54) is 12.8 Å². The van der Waals surface area contributed by atoms with Gasteiger partial charge in [0.25, 0.3) is 0 Å². The van der Waals surface area contributed by atoms with Crippen LogP contribution in [0.1, 0.15) is 12.8 Å². The number of rotatable bonds is 3. The fourth-order valence-corrected chi connectivity index (χ4v) is 29.1. The Balaban J connectivity index is 0.00000112. The largest absolute Gasteiger partial charge is 1.00 e. The van der Waals surface area contributed by atoms with Crippen LogP contribution in [0.25, 0.3) is 0 Å². The fourth-order valence-electron chi connectivity index (χ4n) is 2.24. The molecule has 2 aliphatic rings. The van der Waals surface area contributed by atoms with Crippen molar-refractivity contribution in [3.05, 3.63) is 43.1 Å². The first-order valence-electron chi connectivity index (χ1n) is 5.38. The molecular weight excluding hydrogens is 386 g/mol. The van der Waals surface area contributed by atoms with Gasteiger partial charge in [0.2, 0.25) is 0 Å². The van der Waals surface area contributed by atoms with Gasteiger partial charge in [-0.15, -0.1) is 0 Å². The zero-order valence-electron chi connectivity index (χ0n) is 9.33. The van der Waals surface area contributed by atoms with Crippen LogP contribution >= 0.6 is 0 Å². The van der Waals surface area contributed by atoms with Crippen LogP contribution in [0.2, 0.25) is 13.1 Å². The Kier molecular flexibility index (Phi) is 5.51. The molecule has 0 bridgehead atoms. The third kappa shape index (κ3) is 3.15. The van der Waals surface area contributed by atoms with Gasteiger partial charge in [0.05, 0.1) is 0 Å². The summed E-state index contributed by atoms with van der Waals surface area (Å²) in [7, 11) is 0.